The summed E-state index contributed by atoms with van der Waals surface area (Å²) >= 11 is 6.08. The molecule has 2 N–H and O–H groups in total. The first-order chi connectivity index (χ1) is 9.54. The summed E-state index contributed by atoms with van der Waals surface area (Å²) in [6.45, 7) is 4.07. The van der Waals surface area contributed by atoms with Gasteiger partial charge in [-0.1, -0.05) is 41.4 Å². The highest BCUT2D eigenvalue weighted by Crippen LogP contribution is 2.23. The van der Waals surface area contributed by atoms with Gasteiger partial charge < -0.3 is 5.73 Å². The van der Waals surface area contributed by atoms with E-state index in [1.165, 1.54) is 11.1 Å². The zero-order valence-electron chi connectivity index (χ0n) is 11.5. The second kappa shape index (κ2) is 4.84. The molecule has 0 amide bonds. The fourth-order valence-corrected chi connectivity index (χ4v) is 2.62. The first-order valence-corrected chi connectivity index (χ1v) is 6.90. The summed E-state index contributed by atoms with van der Waals surface area (Å²) < 4.78 is 1.86. The van der Waals surface area contributed by atoms with Crippen molar-refractivity contribution in [3.8, 4) is 0 Å². The Balaban J connectivity index is 2.06. The van der Waals surface area contributed by atoms with E-state index in [1.807, 2.05) is 23.6 Å². The Hall–Kier alpha value is -2.00. The predicted octanol–water partition coefficient (Wildman–Crippen LogP) is 3.78. The number of hydrogen-bond donors (Lipinski definition) is 1. The average molecular weight is 286 g/mol. The first-order valence-electron chi connectivity index (χ1n) is 6.52. The number of nitrogen functional groups attached to an aromatic ring is 1. The first kappa shape index (κ1) is 13.0. The van der Waals surface area contributed by atoms with E-state index < -0.39 is 0 Å². The van der Waals surface area contributed by atoms with Gasteiger partial charge in [-0.2, -0.15) is 0 Å². The summed E-state index contributed by atoms with van der Waals surface area (Å²) in [5.74, 6) is 0.658. The van der Waals surface area contributed by atoms with Gasteiger partial charge in [0.15, 0.2) is 0 Å². The Morgan fingerprint density at radius 2 is 1.90 bits per heavy atom. The lowest BCUT2D eigenvalue weighted by Crippen LogP contribution is -1.97. The Labute approximate surface area is 123 Å². The molecule has 0 bridgehead atoms. The molecular weight excluding hydrogens is 270 g/mol. The zero-order chi connectivity index (χ0) is 14.3. The number of pyridine rings is 1. The second-order valence-corrected chi connectivity index (χ2v) is 5.58. The minimum absolute atomic E-state index is 0.658. The molecule has 0 aliphatic carbocycles. The van der Waals surface area contributed by atoms with Crippen LogP contribution in [0.25, 0.3) is 5.65 Å². The molecule has 0 fully saturated rings. The molecule has 3 rings (SSSR count). The van der Waals surface area contributed by atoms with Gasteiger partial charge in [-0.3, -0.25) is 4.40 Å². The van der Waals surface area contributed by atoms with E-state index in [-0.39, 0.29) is 0 Å². The SMILES string of the molecule is Cc1ccc(Cc2nc3c(C)cc(Cl)cn3c2N)cc1. The monoisotopic (exact) mass is 285 g/mol. The van der Waals surface area contributed by atoms with Crippen molar-refractivity contribution in [2.75, 3.05) is 5.73 Å². The number of benzene rings is 1. The lowest BCUT2D eigenvalue weighted by atomic mass is 10.1. The van der Waals surface area contributed by atoms with Crippen LogP contribution in [0.5, 0.6) is 0 Å². The van der Waals surface area contributed by atoms with Crippen molar-refractivity contribution in [1.82, 2.24) is 9.38 Å². The Morgan fingerprint density at radius 3 is 2.60 bits per heavy atom. The maximum Gasteiger partial charge on any atom is 0.141 e. The fourth-order valence-electron chi connectivity index (χ4n) is 2.36. The highest BCUT2D eigenvalue weighted by atomic mass is 35.5. The minimum atomic E-state index is 0.658. The largest absolute Gasteiger partial charge is 0.383 e. The minimum Gasteiger partial charge on any atom is -0.383 e. The Bertz CT molecular complexity index is 773. The number of rotatable bonds is 2. The highest BCUT2D eigenvalue weighted by molar-refractivity contribution is 6.30. The van der Waals surface area contributed by atoms with Crippen LogP contribution in [0.2, 0.25) is 5.02 Å². The summed E-state index contributed by atoms with van der Waals surface area (Å²) in [6, 6.07) is 10.3. The van der Waals surface area contributed by atoms with E-state index in [4.69, 9.17) is 17.3 Å². The van der Waals surface area contributed by atoms with Crippen molar-refractivity contribution in [3.63, 3.8) is 0 Å². The van der Waals surface area contributed by atoms with Gasteiger partial charge in [0.2, 0.25) is 0 Å². The Kier molecular flexibility index (Phi) is 3.14. The summed E-state index contributed by atoms with van der Waals surface area (Å²) in [4.78, 5) is 4.65. The number of halogens is 1. The van der Waals surface area contributed by atoms with Gasteiger partial charge in [0.05, 0.1) is 10.7 Å². The normalized spacial score (nSPS) is 11.2. The topological polar surface area (TPSA) is 43.3 Å². The molecule has 3 nitrogen and oxygen atoms in total. The van der Waals surface area contributed by atoms with Crippen molar-refractivity contribution in [3.05, 3.63) is 63.9 Å². The molecule has 2 aromatic heterocycles. The van der Waals surface area contributed by atoms with Gasteiger partial charge in [-0.25, -0.2) is 4.98 Å². The van der Waals surface area contributed by atoms with E-state index in [0.717, 1.165) is 23.3 Å². The van der Waals surface area contributed by atoms with Gasteiger partial charge in [0, 0.05) is 12.6 Å². The molecular formula is C16H16ClN3. The van der Waals surface area contributed by atoms with Crippen LogP contribution < -0.4 is 5.73 Å². The second-order valence-electron chi connectivity index (χ2n) is 5.14. The number of fused-ring (bicyclic) bond motifs is 1. The molecule has 1 aromatic carbocycles. The van der Waals surface area contributed by atoms with Crippen molar-refractivity contribution in [2.45, 2.75) is 20.3 Å². The third-order valence-corrected chi connectivity index (χ3v) is 3.68. The molecule has 0 radical (unpaired) electrons. The van der Waals surface area contributed by atoms with Crippen molar-refractivity contribution in [1.29, 1.82) is 0 Å². The van der Waals surface area contributed by atoms with Crippen LogP contribution in [0.3, 0.4) is 0 Å². The zero-order valence-corrected chi connectivity index (χ0v) is 12.3. The summed E-state index contributed by atoms with van der Waals surface area (Å²) in [5, 5.41) is 0.668. The summed E-state index contributed by atoms with van der Waals surface area (Å²) in [7, 11) is 0. The number of aryl methyl sites for hydroxylation is 2. The van der Waals surface area contributed by atoms with Crippen LogP contribution >= 0.6 is 11.6 Å². The van der Waals surface area contributed by atoms with E-state index in [0.29, 0.717) is 10.8 Å². The maximum absolute atomic E-state index is 6.20. The van der Waals surface area contributed by atoms with Gasteiger partial charge in [0.1, 0.15) is 11.5 Å². The molecule has 0 spiro atoms. The standard InChI is InChI=1S/C16H16ClN3/c1-10-3-5-12(6-4-10)8-14-15(18)20-9-13(17)7-11(2)16(20)19-14/h3-7,9H,8,18H2,1-2H3. The van der Waals surface area contributed by atoms with Gasteiger partial charge in [-0.15, -0.1) is 0 Å². The van der Waals surface area contributed by atoms with Gasteiger partial charge in [0.25, 0.3) is 0 Å². The average Bonchev–Trinajstić information content (AvgIpc) is 2.71. The lowest BCUT2D eigenvalue weighted by molar-refractivity contribution is 1.12. The molecule has 0 saturated carbocycles. The van der Waals surface area contributed by atoms with Crippen LogP contribution in [0.15, 0.2) is 36.5 Å². The van der Waals surface area contributed by atoms with Crippen molar-refractivity contribution < 1.29 is 0 Å². The number of imidazole rings is 1. The van der Waals surface area contributed by atoms with Crippen molar-refractivity contribution in [2.24, 2.45) is 0 Å². The van der Waals surface area contributed by atoms with E-state index in [9.17, 15) is 0 Å². The lowest BCUT2D eigenvalue weighted by Gasteiger charge is -2.01. The Morgan fingerprint density at radius 1 is 1.20 bits per heavy atom. The molecule has 4 heteroatoms. The number of nitrogens with zero attached hydrogens (tertiary/aromatic N) is 2. The molecule has 0 aliphatic heterocycles. The van der Waals surface area contributed by atoms with E-state index >= 15 is 0 Å². The van der Waals surface area contributed by atoms with Crippen molar-refractivity contribution >= 4 is 23.1 Å². The van der Waals surface area contributed by atoms with Crippen LogP contribution in [-0.2, 0) is 6.42 Å². The van der Waals surface area contributed by atoms with Gasteiger partial charge in [-0.05, 0) is 31.0 Å². The molecule has 2 heterocycles. The van der Waals surface area contributed by atoms with Crippen LogP contribution in [-0.4, -0.2) is 9.38 Å². The molecule has 20 heavy (non-hydrogen) atoms. The molecule has 0 atom stereocenters. The molecule has 0 saturated heterocycles. The third kappa shape index (κ3) is 2.25. The van der Waals surface area contributed by atoms with Crippen LogP contribution in [0, 0.1) is 13.8 Å². The number of aromatic nitrogens is 2. The summed E-state index contributed by atoms with van der Waals surface area (Å²) in [5.41, 5.74) is 11.4. The quantitative estimate of drug-likeness (QED) is 0.779. The molecule has 3 aromatic rings. The van der Waals surface area contributed by atoms with E-state index in [1.54, 1.807) is 0 Å². The smallest absolute Gasteiger partial charge is 0.141 e. The number of hydrogen-bond acceptors (Lipinski definition) is 2. The molecule has 0 aliphatic rings. The number of nitrogens with two attached hydrogens (primary N) is 1. The maximum atomic E-state index is 6.20. The fraction of sp³-hybridized carbons (Fsp3) is 0.188. The third-order valence-electron chi connectivity index (χ3n) is 3.48. The summed E-state index contributed by atoms with van der Waals surface area (Å²) in [6.07, 6.45) is 2.54. The molecule has 102 valence electrons. The predicted molar refractivity (Wildman–Crippen MR) is 83.3 cm³/mol. The highest BCUT2D eigenvalue weighted by Gasteiger charge is 2.12. The van der Waals surface area contributed by atoms with Gasteiger partial charge >= 0.3 is 0 Å². The van der Waals surface area contributed by atoms with Crippen LogP contribution in [0.4, 0.5) is 5.82 Å². The molecule has 0 unspecified atom stereocenters. The van der Waals surface area contributed by atoms with Crippen LogP contribution in [0.1, 0.15) is 22.4 Å². The number of anilines is 1. The van der Waals surface area contributed by atoms with E-state index in [2.05, 4.69) is 36.2 Å².